The molecule has 1 saturated heterocycles. The predicted molar refractivity (Wildman–Crippen MR) is 83.5 cm³/mol. The van der Waals surface area contributed by atoms with Gasteiger partial charge in [-0.3, -0.25) is 9.59 Å². The molecule has 1 aliphatic heterocycles. The molecule has 21 heavy (non-hydrogen) atoms. The van der Waals surface area contributed by atoms with Crippen LogP contribution < -0.4 is 11.1 Å². The second-order valence-corrected chi connectivity index (χ2v) is 6.40. The lowest BCUT2D eigenvalue weighted by atomic mass is 9.81. The van der Waals surface area contributed by atoms with Gasteiger partial charge in [-0.05, 0) is 25.1 Å². The largest absolute Gasteiger partial charge is 0.369 e. The quantitative estimate of drug-likeness (QED) is 0.868. The number of carbonyl (C=O) groups excluding carboxylic acids is 2. The average molecular weight is 330 g/mol. The Morgan fingerprint density at radius 2 is 2.05 bits per heavy atom. The van der Waals surface area contributed by atoms with Crippen LogP contribution in [0.2, 0.25) is 10.0 Å². The lowest BCUT2D eigenvalue weighted by Gasteiger charge is -2.45. The minimum Gasteiger partial charge on any atom is -0.369 e. The molecule has 0 aliphatic carbocycles. The molecule has 0 spiro atoms. The second-order valence-electron chi connectivity index (χ2n) is 5.56. The molecule has 1 aromatic rings. The maximum Gasteiger partial charge on any atom is 0.225 e. The van der Waals surface area contributed by atoms with Gasteiger partial charge in [-0.15, -0.1) is 0 Å². The third-order valence-electron chi connectivity index (χ3n) is 3.60. The first-order chi connectivity index (χ1) is 9.80. The summed E-state index contributed by atoms with van der Waals surface area (Å²) in [6, 6.07) is 4.90. The van der Waals surface area contributed by atoms with Gasteiger partial charge in [0.05, 0.1) is 16.1 Å². The van der Waals surface area contributed by atoms with Crippen LogP contribution in [0.25, 0.3) is 0 Å². The first-order valence-electron chi connectivity index (χ1n) is 6.57. The van der Waals surface area contributed by atoms with Gasteiger partial charge in [-0.1, -0.05) is 23.2 Å². The van der Waals surface area contributed by atoms with Gasteiger partial charge in [-0.25, -0.2) is 0 Å². The number of likely N-dealkylation sites (tertiary alicyclic amines) is 1. The summed E-state index contributed by atoms with van der Waals surface area (Å²) in [6.07, 6.45) is 0.317. The Labute approximate surface area is 133 Å². The molecule has 114 valence electrons. The van der Waals surface area contributed by atoms with Crippen LogP contribution in [0, 0.1) is 5.41 Å². The molecule has 0 saturated carbocycles. The number of hydrogen-bond donors (Lipinski definition) is 2. The number of nitrogens with zero attached hydrogens (tertiary/aromatic N) is 1. The van der Waals surface area contributed by atoms with Crippen LogP contribution in [0.4, 0.5) is 5.69 Å². The minimum absolute atomic E-state index is 0.146. The maximum absolute atomic E-state index is 11.9. The second kappa shape index (κ2) is 6.22. The van der Waals surface area contributed by atoms with Gasteiger partial charge in [0, 0.05) is 31.1 Å². The highest BCUT2D eigenvalue weighted by Crippen LogP contribution is 2.29. The van der Waals surface area contributed by atoms with E-state index in [-0.39, 0.29) is 11.8 Å². The van der Waals surface area contributed by atoms with Crippen LogP contribution >= 0.6 is 23.2 Å². The molecule has 0 radical (unpaired) electrons. The molecular weight excluding hydrogens is 313 g/mol. The zero-order valence-electron chi connectivity index (χ0n) is 11.7. The zero-order valence-corrected chi connectivity index (χ0v) is 13.2. The van der Waals surface area contributed by atoms with Crippen LogP contribution in [0.15, 0.2) is 18.2 Å². The summed E-state index contributed by atoms with van der Waals surface area (Å²) in [5.74, 6) is -0.444. The summed E-state index contributed by atoms with van der Waals surface area (Å²) in [7, 11) is 0. The number of hydrogen-bond acceptors (Lipinski definition) is 3. The molecule has 2 amide bonds. The van der Waals surface area contributed by atoms with Crippen molar-refractivity contribution in [3.63, 3.8) is 0 Å². The highest BCUT2D eigenvalue weighted by Gasteiger charge is 2.43. The maximum atomic E-state index is 11.9. The van der Waals surface area contributed by atoms with Crippen molar-refractivity contribution in [1.29, 1.82) is 0 Å². The number of carbonyl (C=O) groups is 2. The van der Waals surface area contributed by atoms with Crippen molar-refractivity contribution in [3.05, 3.63) is 28.2 Å². The summed E-state index contributed by atoms with van der Waals surface area (Å²) in [6.45, 7) is 3.59. The minimum atomic E-state index is -0.466. The lowest BCUT2D eigenvalue weighted by molar-refractivity contribution is -0.136. The van der Waals surface area contributed by atoms with Crippen molar-refractivity contribution in [2.24, 2.45) is 11.1 Å². The molecule has 0 unspecified atom stereocenters. The Morgan fingerprint density at radius 1 is 1.38 bits per heavy atom. The smallest absolute Gasteiger partial charge is 0.225 e. The molecule has 0 atom stereocenters. The summed E-state index contributed by atoms with van der Waals surface area (Å²) < 4.78 is 0. The molecule has 1 aromatic carbocycles. The number of rotatable bonds is 5. The van der Waals surface area contributed by atoms with Crippen molar-refractivity contribution in [3.8, 4) is 0 Å². The highest BCUT2D eigenvalue weighted by molar-refractivity contribution is 6.35. The molecule has 0 bridgehead atoms. The van der Waals surface area contributed by atoms with Crippen LogP contribution in [-0.2, 0) is 9.59 Å². The number of amides is 2. The average Bonchev–Trinajstić information content (AvgIpc) is 2.37. The summed E-state index contributed by atoms with van der Waals surface area (Å²) in [5, 5.41) is 3.68. The fourth-order valence-electron chi connectivity index (χ4n) is 2.32. The molecule has 0 aromatic heterocycles. The van der Waals surface area contributed by atoms with Crippen molar-refractivity contribution in [1.82, 2.24) is 4.90 Å². The van der Waals surface area contributed by atoms with E-state index in [0.29, 0.717) is 41.8 Å². The third-order valence-corrected chi connectivity index (χ3v) is 4.16. The lowest BCUT2D eigenvalue weighted by Crippen LogP contribution is -2.60. The monoisotopic (exact) mass is 329 g/mol. The highest BCUT2D eigenvalue weighted by atomic mass is 35.5. The van der Waals surface area contributed by atoms with E-state index in [1.807, 2.05) is 11.8 Å². The molecule has 2 rings (SSSR count). The van der Waals surface area contributed by atoms with E-state index in [4.69, 9.17) is 28.9 Å². The number of halogens is 2. The van der Waals surface area contributed by atoms with E-state index < -0.39 is 5.41 Å². The third kappa shape index (κ3) is 3.87. The molecule has 1 aliphatic rings. The van der Waals surface area contributed by atoms with E-state index in [9.17, 15) is 9.59 Å². The van der Waals surface area contributed by atoms with Gasteiger partial charge in [0.15, 0.2) is 0 Å². The Morgan fingerprint density at radius 3 is 2.67 bits per heavy atom. The van der Waals surface area contributed by atoms with Gasteiger partial charge in [-0.2, -0.15) is 0 Å². The number of nitrogens with one attached hydrogen (secondary N) is 1. The van der Waals surface area contributed by atoms with Crippen LogP contribution in [0.5, 0.6) is 0 Å². The van der Waals surface area contributed by atoms with Crippen molar-refractivity contribution < 1.29 is 9.59 Å². The molecule has 1 heterocycles. The number of benzene rings is 1. The van der Waals surface area contributed by atoms with E-state index in [0.717, 1.165) is 0 Å². The zero-order chi connectivity index (χ0) is 15.6. The normalized spacial score (nSPS) is 17.1. The molecule has 7 heteroatoms. The number of primary amides is 1. The van der Waals surface area contributed by atoms with E-state index >= 15 is 0 Å². The van der Waals surface area contributed by atoms with Gasteiger partial charge < -0.3 is 16.0 Å². The Hall–Kier alpha value is -1.30. The SMILES string of the molecule is CC1(C(N)=O)CN(CCC(=O)Nc2cc(Cl)ccc2Cl)C1. The topological polar surface area (TPSA) is 75.4 Å². The van der Waals surface area contributed by atoms with Gasteiger partial charge in [0.2, 0.25) is 11.8 Å². The molecule has 1 fully saturated rings. The standard InChI is InChI=1S/C14H17Cl2N3O2/c1-14(13(17)21)7-19(8-14)5-4-12(20)18-11-6-9(15)2-3-10(11)16/h2-3,6H,4-5,7-8H2,1H3,(H2,17,21)(H,18,20). The van der Waals surface area contributed by atoms with Gasteiger partial charge in [0.1, 0.15) is 0 Å². The summed E-state index contributed by atoms with van der Waals surface area (Å²) in [4.78, 5) is 25.1. The van der Waals surface area contributed by atoms with E-state index in [2.05, 4.69) is 5.32 Å². The first-order valence-corrected chi connectivity index (χ1v) is 7.33. The van der Waals surface area contributed by atoms with Crippen molar-refractivity contribution in [2.45, 2.75) is 13.3 Å². The fourth-order valence-corrected chi connectivity index (χ4v) is 2.66. The van der Waals surface area contributed by atoms with Crippen molar-refractivity contribution >= 4 is 40.7 Å². The van der Waals surface area contributed by atoms with Gasteiger partial charge in [0.25, 0.3) is 0 Å². The Bertz CT molecular complexity index is 571. The number of nitrogens with two attached hydrogens (primary N) is 1. The Kier molecular flexibility index (Phi) is 4.76. The molecule has 5 nitrogen and oxygen atoms in total. The summed E-state index contributed by atoms with van der Waals surface area (Å²) >= 11 is 11.8. The van der Waals surface area contributed by atoms with Gasteiger partial charge >= 0.3 is 0 Å². The van der Waals surface area contributed by atoms with Crippen LogP contribution in [-0.4, -0.2) is 36.3 Å². The molecular formula is C14H17Cl2N3O2. The van der Waals surface area contributed by atoms with Crippen LogP contribution in [0.3, 0.4) is 0 Å². The number of anilines is 1. The summed E-state index contributed by atoms with van der Waals surface area (Å²) in [5.41, 5.74) is 5.35. The van der Waals surface area contributed by atoms with Crippen molar-refractivity contribution in [2.75, 3.05) is 25.0 Å². The Balaban J connectivity index is 1.79. The van der Waals surface area contributed by atoms with Crippen LogP contribution in [0.1, 0.15) is 13.3 Å². The van der Waals surface area contributed by atoms with E-state index in [1.165, 1.54) is 0 Å². The fraction of sp³-hybridized carbons (Fsp3) is 0.429. The molecule has 3 N–H and O–H groups in total. The van der Waals surface area contributed by atoms with E-state index in [1.54, 1.807) is 18.2 Å². The first kappa shape index (κ1) is 16.1. The predicted octanol–water partition coefficient (Wildman–Crippen LogP) is 2.13.